The molecule has 0 saturated heterocycles. The van der Waals surface area contributed by atoms with Crippen LogP contribution in [0.5, 0.6) is 17.2 Å². The standard InChI is InChI=1S/C20H21N3O4S/c1-22(2)8-9-23(19(24)13-4-6-14(25-3)7-5-13)20-21-15-10-16-17(27-12-26-16)11-18(15)28-20/h4-7,10-11H,8-9,12H2,1-3H3/p+1. The fourth-order valence-electron chi connectivity index (χ4n) is 2.93. The number of hydrogen-bond donors (Lipinski definition) is 1. The molecule has 1 aliphatic rings. The van der Waals surface area contributed by atoms with Crippen molar-refractivity contribution in [2.75, 3.05) is 46.0 Å². The van der Waals surface area contributed by atoms with Gasteiger partial charge in [-0.1, -0.05) is 11.3 Å². The third-order valence-electron chi connectivity index (χ3n) is 4.52. The lowest BCUT2D eigenvalue weighted by atomic mass is 10.2. The van der Waals surface area contributed by atoms with E-state index in [1.807, 2.05) is 12.1 Å². The SMILES string of the molecule is COc1ccc(C(=O)N(CC[NH+](C)C)c2nc3cc4c(cc3s2)OCO4)cc1. The van der Waals surface area contributed by atoms with Crippen molar-refractivity contribution < 1.29 is 23.9 Å². The largest absolute Gasteiger partial charge is 0.497 e. The molecule has 3 aromatic rings. The minimum absolute atomic E-state index is 0.0806. The van der Waals surface area contributed by atoms with Crippen LogP contribution in [0.15, 0.2) is 36.4 Å². The minimum Gasteiger partial charge on any atom is -0.497 e. The van der Waals surface area contributed by atoms with E-state index in [4.69, 9.17) is 19.2 Å². The molecule has 1 amide bonds. The number of nitrogens with zero attached hydrogens (tertiary/aromatic N) is 2. The number of nitrogens with one attached hydrogen (secondary N) is 1. The smallest absolute Gasteiger partial charge is 0.260 e. The molecule has 1 aliphatic heterocycles. The van der Waals surface area contributed by atoms with Crippen LogP contribution in [0.4, 0.5) is 5.13 Å². The number of hydrogen-bond acceptors (Lipinski definition) is 6. The Bertz CT molecular complexity index is 960. The van der Waals surface area contributed by atoms with Crippen molar-refractivity contribution in [3.05, 3.63) is 42.0 Å². The highest BCUT2D eigenvalue weighted by Gasteiger charge is 2.24. The van der Waals surface area contributed by atoms with E-state index < -0.39 is 0 Å². The van der Waals surface area contributed by atoms with E-state index in [9.17, 15) is 4.79 Å². The number of aromatic nitrogens is 1. The Morgan fingerprint density at radius 1 is 1.21 bits per heavy atom. The van der Waals surface area contributed by atoms with E-state index in [1.165, 1.54) is 16.2 Å². The molecule has 7 nitrogen and oxygen atoms in total. The summed E-state index contributed by atoms with van der Waals surface area (Å²) in [5.74, 6) is 2.04. The minimum atomic E-state index is -0.0806. The van der Waals surface area contributed by atoms with E-state index in [1.54, 1.807) is 36.3 Å². The first kappa shape index (κ1) is 18.5. The van der Waals surface area contributed by atoms with Crippen LogP contribution >= 0.6 is 11.3 Å². The van der Waals surface area contributed by atoms with Crippen molar-refractivity contribution >= 4 is 32.6 Å². The Kier molecular flexibility index (Phi) is 5.06. The van der Waals surface area contributed by atoms with Gasteiger partial charge in [0.2, 0.25) is 6.79 Å². The van der Waals surface area contributed by atoms with E-state index in [0.29, 0.717) is 28.7 Å². The van der Waals surface area contributed by atoms with Crippen LogP contribution in [-0.2, 0) is 0 Å². The van der Waals surface area contributed by atoms with Gasteiger partial charge in [0.15, 0.2) is 16.6 Å². The van der Waals surface area contributed by atoms with Gasteiger partial charge in [-0.05, 0) is 24.3 Å². The molecule has 1 N–H and O–H groups in total. The highest BCUT2D eigenvalue weighted by atomic mass is 32.1. The Morgan fingerprint density at radius 3 is 2.61 bits per heavy atom. The van der Waals surface area contributed by atoms with Crippen LogP contribution in [-0.4, -0.2) is 52.0 Å². The van der Waals surface area contributed by atoms with E-state index in [-0.39, 0.29) is 12.7 Å². The highest BCUT2D eigenvalue weighted by molar-refractivity contribution is 7.22. The van der Waals surface area contributed by atoms with Crippen LogP contribution in [0, 0.1) is 0 Å². The predicted octanol–water partition coefficient (Wildman–Crippen LogP) is 1.82. The molecule has 0 fully saturated rings. The van der Waals surface area contributed by atoms with E-state index in [0.717, 1.165) is 22.5 Å². The molecular formula is C20H22N3O4S+. The third kappa shape index (κ3) is 3.61. The zero-order valence-electron chi connectivity index (χ0n) is 16.0. The summed E-state index contributed by atoms with van der Waals surface area (Å²) >= 11 is 1.48. The number of quaternary nitrogens is 1. The molecule has 0 unspecified atom stereocenters. The van der Waals surface area contributed by atoms with Gasteiger partial charge < -0.3 is 19.1 Å². The first-order valence-electron chi connectivity index (χ1n) is 9.00. The highest BCUT2D eigenvalue weighted by Crippen LogP contribution is 2.39. The molecule has 146 valence electrons. The lowest BCUT2D eigenvalue weighted by Crippen LogP contribution is -3.06. The second kappa shape index (κ2) is 7.65. The third-order valence-corrected chi connectivity index (χ3v) is 5.56. The monoisotopic (exact) mass is 400 g/mol. The fourth-order valence-corrected chi connectivity index (χ4v) is 3.93. The fraction of sp³-hybridized carbons (Fsp3) is 0.300. The number of ether oxygens (including phenoxy) is 3. The van der Waals surface area contributed by atoms with Crippen molar-refractivity contribution in [1.82, 2.24) is 4.98 Å². The summed E-state index contributed by atoms with van der Waals surface area (Å²) < 4.78 is 17.0. The van der Waals surface area contributed by atoms with Crippen molar-refractivity contribution in [3.8, 4) is 17.2 Å². The van der Waals surface area contributed by atoms with Crippen LogP contribution in [0.3, 0.4) is 0 Å². The van der Waals surface area contributed by atoms with Gasteiger partial charge in [0, 0.05) is 17.7 Å². The second-order valence-electron chi connectivity index (χ2n) is 6.81. The van der Waals surface area contributed by atoms with Crippen molar-refractivity contribution in [1.29, 1.82) is 0 Å². The van der Waals surface area contributed by atoms with Crippen molar-refractivity contribution in [2.24, 2.45) is 0 Å². The molecule has 28 heavy (non-hydrogen) atoms. The molecule has 0 saturated carbocycles. The number of likely N-dealkylation sites (N-methyl/N-ethyl adjacent to an activating group) is 1. The zero-order valence-corrected chi connectivity index (χ0v) is 16.8. The predicted molar refractivity (Wildman–Crippen MR) is 108 cm³/mol. The lowest BCUT2D eigenvalue weighted by Gasteiger charge is -2.20. The normalized spacial score (nSPS) is 12.6. The first-order chi connectivity index (χ1) is 13.5. The van der Waals surface area contributed by atoms with Gasteiger partial charge in [-0.15, -0.1) is 0 Å². The van der Waals surface area contributed by atoms with Crippen molar-refractivity contribution in [2.45, 2.75) is 0 Å². The van der Waals surface area contributed by atoms with E-state index in [2.05, 4.69) is 14.1 Å². The molecule has 1 aromatic heterocycles. The van der Waals surface area contributed by atoms with Crippen LogP contribution in [0.25, 0.3) is 10.2 Å². The zero-order chi connectivity index (χ0) is 19.7. The number of carbonyl (C=O) groups excluding carboxylic acids is 1. The summed E-state index contributed by atoms with van der Waals surface area (Å²) in [6.07, 6.45) is 0. The maximum atomic E-state index is 13.2. The summed E-state index contributed by atoms with van der Waals surface area (Å²) in [5.41, 5.74) is 1.40. The van der Waals surface area contributed by atoms with Gasteiger partial charge in [0.25, 0.3) is 5.91 Å². The van der Waals surface area contributed by atoms with Gasteiger partial charge in [-0.3, -0.25) is 9.69 Å². The van der Waals surface area contributed by atoms with Crippen LogP contribution in [0.2, 0.25) is 0 Å². The van der Waals surface area contributed by atoms with Crippen LogP contribution in [0.1, 0.15) is 10.4 Å². The van der Waals surface area contributed by atoms with Crippen molar-refractivity contribution in [3.63, 3.8) is 0 Å². The van der Waals surface area contributed by atoms with Crippen LogP contribution < -0.4 is 24.0 Å². The van der Waals surface area contributed by atoms with E-state index >= 15 is 0 Å². The molecule has 4 rings (SSSR count). The van der Waals surface area contributed by atoms with Gasteiger partial charge in [0.1, 0.15) is 5.75 Å². The van der Waals surface area contributed by atoms with Gasteiger partial charge in [0.05, 0.1) is 44.5 Å². The molecule has 2 aromatic carbocycles. The molecule has 0 atom stereocenters. The number of methoxy groups -OCH3 is 1. The Balaban J connectivity index is 1.68. The molecule has 0 bridgehead atoms. The Hall–Kier alpha value is -2.84. The molecular weight excluding hydrogens is 378 g/mol. The number of rotatable bonds is 6. The number of benzene rings is 2. The average Bonchev–Trinajstić information content (AvgIpc) is 3.31. The summed E-state index contributed by atoms with van der Waals surface area (Å²) in [6.45, 7) is 1.60. The quantitative estimate of drug-likeness (QED) is 0.684. The molecule has 0 aliphatic carbocycles. The Morgan fingerprint density at radius 2 is 1.93 bits per heavy atom. The molecule has 0 radical (unpaired) electrons. The first-order valence-corrected chi connectivity index (χ1v) is 9.82. The maximum absolute atomic E-state index is 13.2. The second-order valence-corrected chi connectivity index (χ2v) is 7.82. The summed E-state index contributed by atoms with van der Waals surface area (Å²) in [4.78, 5) is 20.9. The average molecular weight is 400 g/mol. The van der Waals surface area contributed by atoms with Gasteiger partial charge >= 0.3 is 0 Å². The molecule has 2 heterocycles. The number of fused-ring (bicyclic) bond motifs is 2. The Labute approximate surface area is 167 Å². The topological polar surface area (TPSA) is 65.3 Å². The summed E-state index contributed by atoms with van der Waals surface area (Å²) in [5, 5.41) is 0.667. The lowest BCUT2D eigenvalue weighted by molar-refractivity contribution is -0.856. The van der Waals surface area contributed by atoms with Gasteiger partial charge in [-0.25, -0.2) is 4.98 Å². The number of amides is 1. The summed E-state index contributed by atoms with van der Waals surface area (Å²) in [6, 6.07) is 10.9. The summed E-state index contributed by atoms with van der Waals surface area (Å²) in [7, 11) is 5.73. The van der Waals surface area contributed by atoms with Gasteiger partial charge in [-0.2, -0.15) is 0 Å². The maximum Gasteiger partial charge on any atom is 0.260 e. The number of anilines is 1. The molecule has 8 heteroatoms. The number of thiazole rings is 1. The number of carbonyl (C=O) groups is 1. The molecule has 0 spiro atoms.